The van der Waals surface area contributed by atoms with Crippen molar-refractivity contribution in [1.29, 1.82) is 0 Å². The molecule has 4 aromatic rings. The number of aromatic nitrogens is 2. The molecule has 0 fully saturated rings. The van der Waals surface area contributed by atoms with Gasteiger partial charge >= 0.3 is 0 Å². The topological polar surface area (TPSA) is 64.9 Å². The fourth-order valence-electron chi connectivity index (χ4n) is 2.41. The number of rotatable bonds is 1. The first-order chi connectivity index (χ1) is 9.83. The molecule has 0 amide bonds. The van der Waals surface area contributed by atoms with Crippen LogP contribution in [0.15, 0.2) is 59.0 Å². The van der Waals surface area contributed by atoms with E-state index >= 15 is 0 Å². The lowest BCUT2D eigenvalue weighted by atomic mass is 10.1. The van der Waals surface area contributed by atoms with Gasteiger partial charge in [-0.25, -0.2) is 0 Å². The Morgan fingerprint density at radius 1 is 0.850 bits per heavy atom. The molecular weight excluding hydrogens is 250 g/mol. The predicted octanol–water partition coefficient (Wildman–Crippen LogP) is 3.63. The third kappa shape index (κ3) is 1.55. The summed E-state index contributed by atoms with van der Waals surface area (Å²) in [5, 5.41) is 11.1. The lowest BCUT2D eigenvalue weighted by Gasteiger charge is -2.03. The maximum atomic E-state index is 5.87. The first kappa shape index (κ1) is 11.0. The first-order valence-corrected chi connectivity index (χ1v) is 6.33. The standard InChI is InChI=1S/C16H11N3O/c17-16-12-7-3-2-6-11(12)15(18-19-16)14-9-10-5-1-4-8-13(10)20-14/h1-9H,(H2,17,19). The van der Waals surface area contributed by atoms with Crippen LogP contribution >= 0.6 is 0 Å². The number of nitrogens with two attached hydrogens (primary N) is 1. The SMILES string of the molecule is Nc1nnc(-c2cc3ccccc3o2)c2ccccc12. The maximum absolute atomic E-state index is 5.87. The Kier molecular flexibility index (Phi) is 2.23. The molecule has 4 nitrogen and oxygen atoms in total. The average Bonchev–Trinajstić information content (AvgIpc) is 2.91. The lowest BCUT2D eigenvalue weighted by molar-refractivity contribution is 0.628. The molecule has 0 saturated heterocycles. The maximum Gasteiger partial charge on any atom is 0.156 e. The molecule has 0 aliphatic rings. The van der Waals surface area contributed by atoms with E-state index in [1.54, 1.807) is 0 Å². The number of nitrogens with zero attached hydrogens (tertiary/aromatic N) is 2. The minimum Gasteiger partial charge on any atom is -0.454 e. The summed E-state index contributed by atoms with van der Waals surface area (Å²) in [4.78, 5) is 0. The van der Waals surface area contributed by atoms with Crippen molar-refractivity contribution in [1.82, 2.24) is 10.2 Å². The van der Waals surface area contributed by atoms with Gasteiger partial charge in [0.05, 0.1) is 0 Å². The van der Waals surface area contributed by atoms with Gasteiger partial charge in [-0.05, 0) is 12.1 Å². The van der Waals surface area contributed by atoms with Crippen molar-refractivity contribution in [2.75, 3.05) is 5.73 Å². The van der Waals surface area contributed by atoms with Crippen molar-refractivity contribution in [2.24, 2.45) is 0 Å². The smallest absolute Gasteiger partial charge is 0.156 e. The highest BCUT2D eigenvalue weighted by Crippen LogP contribution is 2.32. The van der Waals surface area contributed by atoms with Gasteiger partial charge in [-0.2, -0.15) is 0 Å². The van der Waals surface area contributed by atoms with Crippen molar-refractivity contribution >= 4 is 27.6 Å². The fraction of sp³-hybridized carbons (Fsp3) is 0. The largest absolute Gasteiger partial charge is 0.454 e. The molecule has 0 unspecified atom stereocenters. The summed E-state index contributed by atoms with van der Waals surface area (Å²) in [6.07, 6.45) is 0. The zero-order valence-corrected chi connectivity index (χ0v) is 10.6. The minimum absolute atomic E-state index is 0.431. The third-order valence-corrected chi connectivity index (χ3v) is 3.37. The molecule has 0 radical (unpaired) electrons. The molecule has 2 aromatic heterocycles. The molecule has 20 heavy (non-hydrogen) atoms. The Bertz CT molecular complexity index is 894. The summed E-state index contributed by atoms with van der Waals surface area (Å²) < 4.78 is 5.86. The van der Waals surface area contributed by atoms with E-state index in [1.807, 2.05) is 54.6 Å². The highest BCUT2D eigenvalue weighted by atomic mass is 16.3. The molecule has 0 aliphatic carbocycles. The zero-order valence-electron chi connectivity index (χ0n) is 10.6. The Morgan fingerprint density at radius 2 is 1.60 bits per heavy atom. The molecule has 0 saturated carbocycles. The number of para-hydroxylation sites is 1. The van der Waals surface area contributed by atoms with Crippen LogP contribution in [0.1, 0.15) is 0 Å². The third-order valence-electron chi connectivity index (χ3n) is 3.37. The molecule has 4 rings (SSSR count). The van der Waals surface area contributed by atoms with E-state index in [9.17, 15) is 0 Å². The highest BCUT2D eigenvalue weighted by Gasteiger charge is 2.13. The van der Waals surface area contributed by atoms with Gasteiger partial charge in [0.15, 0.2) is 11.6 Å². The molecule has 0 spiro atoms. The molecule has 2 heterocycles. The number of anilines is 1. The van der Waals surface area contributed by atoms with Crippen LogP contribution in [0.2, 0.25) is 0 Å². The second kappa shape index (κ2) is 4.06. The van der Waals surface area contributed by atoms with E-state index in [-0.39, 0.29) is 0 Å². The van der Waals surface area contributed by atoms with Gasteiger partial charge in [-0.1, -0.05) is 42.5 Å². The van der Waals surface area contributed by atoms with E-state index < -0.39 is 0 Å². The van der Waals surface area contributed by atoms with Crippen LogP contribution in [0, 0.1) is 0 Å². The van der Waals surface area contributed by atoms with Crippen LogP contribution in [-0.4, -0.2) is 10.2 Å². The van der Waals surface area contributed by atoms with Crippen LogP contribution in [-0.2, 0) is 0 Å². The molecule has 96 valence electrons. The van der Waals surface area contributed by atoms with E-state index in [4.69, 9.17) is 10.2 Å². The summed E-state index contributed by atoms with van der Waals surface area (Å²) in [7, 11) is 0. The van der Waals surface area contributed by atoms with Crippen LogP contribution in [0.3, 0.4) is 0 Å². The highest BCUT2D eigenvalue weighted by molar-refractivity contribution is 5.99. The van der Waals surface area contributed by atoms with Crippen LogP contribution in [0.25, 0.3) is 33.2 Å². The lowest BCUT2D eigenvalue weighted by Crippen LogP contribution is -1.96. The Morgan fingerprint density at radius 3 is 2.45 bits per heavy atom. The van der Waals surface area contributed by atoms with E-state index in [0.717, 1.165) is 21.7 Å². The average molecular weight is 261 g/mol. The number of benzene rings is 2. The number of fused-ring (bicyclic) bond motifs is 2. The summed E-state index contributed by atoms with van der Waals surface area (Å²) in [6.45, 7) is 0. The monoisotopic (exact) mass is 261 g/mol. The van der Waals surface area contributed by atoms with Crippen LogP contribution in [0.5, 0.6) is 0 Å². The van der Waals surface area contributed by atoms with Crippen molar-refractivity contribution in [3.8, 4) is 11.5 Å². The first-order valence-electron chi connectivity index (χ1n) is 6.33. The summed E-state index contributed by atoms with van der Waals surface area (Å²) >= 11 is 0. The van der Waals surface area contributed by atoms with Crippen molar-refractivity contribution in [3.63, 3.8) is 0 Å². The molecule has 0 atom stereocenters. The summed E-state index contributed by atoms with van der Waals surface area (Å²) in [6, 6.07) is 17.6. The molecule has 2 aromatic carbocycles. The summed E-state index contributed by atoms with van der Waals surface area (Å²) in [5.41, 5.74) is 7.43. The quantitative estimate of drug-likeness (QED) is 0.568. The van der Waals surface area contributed by atoms with Gasteiger partial charge < -0.3 is 10.2 Å². The Labute approximate surface area is 114 Å². The fourth-order valence-corrected chi connectivity index (χ4v) is 2.41. The van der Waals surface area contributed by atoms with Crippen molar-refractivity contribution in [2.45, 2.75) is 0 Å². The van der Waals surface area contributed by atoms with E-state index in [0.29, 0.717) is 17.3 Å². The number of nitrogen functional groups attached to an aromatic ring is 1. The van der Waals surface area contributed by atoms with Gasteiger partial charge in [0, 0.05) is 16.2 Å². The summed E-state index contributed by atoms with van der Waals surface area (Å²) in [5.74, 6) is 1.13. The number of hydrogen-bond acceptors (Lipinski definition) is 4. The van der Waals surface area contributed by atoms with Gasteiger partial charge in [0.25, 0.3) is 0 Å². The molecule has 0 bridgehead atoms. The van der Waals surface area contributed by atoms with Crippen LogP contribution < -0.4 is 5.73 Å². The van der Waals surface area contributed by atoms with E-state index in [2.05, 4.69) is 10.2 Å². The second-order valence-electron chi connectivity index (χ2n) is 4.63. The molecule has 0 aliphatic heterocycles. The predicted molar refractivity (Wildman–Crippen MR) is 79.2 cm³/mol. The normalized spacial score (nSPS) is 11.2. The Balaban J connectivity index is 2.04. The van der Waals surface area contributed by atoms with Gasteiger partial charge in [-0.3, -0.25) is 0 Å². The molecular formula is C16H11N3O. The van der Waals surface area contributed by atoms with Crippen molar-refractivity contribution in [3.05, 3.63) is 54.6 Å². The van der Waals surface area contributed by atoms with Crippen LogP contribution in [0.4, 0.5) is 5.82 Å². The second-order valence-corrected chi connectivity index (χ2v) is 4.63. The Hall–Kier alpha value is -2.88. The van der Waals surface area contributed by atoms with Gasteiger partial charge in [0.2, 0.25) is 0 Å². The molecule has 4 heteroatoms. The number of hydrogen-bond donors (Lipinski definition) is 1. The van der Waals surface area contributed by atoms with E-state index in [1.165, 1.54) is 0 Å². The molecule has 2 N–H and O–H groups in total. The minimum atomic E-state index is 0.431. The zero-order chi connectivity index (χ0) is 13.5. The van der Waals surface area contributed by atoms with Crippen molar-refractivity contribution < 1.29 is 4.42 Å². The number of furan rings is 1. The van der Waals surface area contributed by atoms with Gasteiger partial charge in [0.1, 0.15) is 11.3 Å². The van der Waals surface area contributed by atoms with Gasteiger partial charge in [-0.15, -0.1) is 10.2 Å².